The Bertz CT molecular complexity index is 312. The van der Waals surface area contributed by atoms with Gasteiger partial charge in [0.1, 0.15) is 0 Å². The molecule has 2 rings (SSSR count). The maximum absolute atomic E-state index is 12.2. The van der Waals surface area contributed by atoms with Crippen molar-refractivity contribution in [1.82, 2.24) is 5.32 Å². The molecule has 0 aromatic heterocycles. The summed E-state index contributed by atoms with van der Waals surface area (Å²) in [6.07, 6.45) is 9.77. The molecule has 1 amide bonds. The number of amides is 1. The average Bonchev–Trinajstić information content (AvgIpc) is 3.26. The molecule has 0 saturated heterocycles. The van der Waals surface area contributed by atoms with Crippen LogP contribution >= 0.6 is 12.4 Å². The lowest BCUT2D eigenvalue weighted by Crippen LogP contribution is -2.49. The smallest absolute Gasteiger partial charge is 0.223 e. The highest BCUT2D eigenvalue weighted by atomic mass is 35.5. The van der Waals surface area contributed by atoms with E-state index in [2.05, 4.69) is 19.2 Å². The van der Waals surface area contributed by atoms with Crippen molar-refractivity contribution in [2.75, 3.05) is 6.54 Å². The molecule has 0 aromatic carbocycles. The summed E-state index contributed by atoms with van der Waals surface area (Å²) in [4.78, 5) is 12.2. The minimum Gasteiger partial charge on any atom is -0.354 e. The summed E-state index contributed by atoms with van der Waals surface area (Å²) >= 11 is 0. The normalized spacial score (nSPS) is 26.8. The zero-order valence-electron chi connectivity index (χ0n) is 13.0. The largest absolute Gasteiger partial charge is 0.354 e. The third kappa shape index (κ3) is 4.36. The molecule has 3 nitrogen and oxygen atoms in total. The van der Waals surface area contributed by atoms with Gasteiger partial charge in [0.15, 0.2) is 0 Å². The van der Waals surface area contributed by atoms with Gasteiger partial charge in [-0.2, -0.15) is 0 Å². The van der Waals surface area contributed by atoms with E-state index in [0.717, 1.165) is 25.2 Å². The zero-order valence-corrected chi connectivity index (χ0v) is 13.8. The van der Waals surface area contributed by atoms with E-state index in [1.165, 1.54) is 32.1 Å². The zero-order chi connectivity index (χ0) is 13.9. The van der Waals surface area contributed by atoms with Crippen molar-refractivity contribution in [1.29, 1.82) is 0 Å². The fourth-order valence-corrected chi connectivity index (χ4v) is 3.49. The third-order valence-electron chi connectivity index (χ3n) is 5.45. The summed E-state index contributed by atoms with van der Waals surface area (Å²) in [5.74, 6) is 2.05. The average molecular weight is 303 g/mol. The van der Waals surface area contributed by atoms with E-state index in [-0.39, 0.29) is 23.9 Å². The van der Waals surface area contributed by atoms with Gasteiger partial charge in [0.05, 0.1) is 0 Å². The molecule has 0 heterocycles. The molecule has 0 aliphatic heterocycles. The van der Waals surface area contributed by atoms with Gasteiger partial charge >= 0.3 is 0 Å². The molecule has 2 aliphatic rings. The Morgan fingerprint density at radius 3 is 2.35 bits per heavy atom. The Morgan fingerprint density at radius 1 is 1.20 bits per heavy atom. The van der Waals surface area contributed by atoms with Crippen LogP contribution in [-0.2, 0) is 4.79 Å². The Kier molecular flexibility index (Phi) is 6.80. The lowest BCUT2D eigenvalue weighted by molar-refractivity contribution is -0.123. The minimum absolute atomic E-state index is 0. The van der Waals surface area contributed by atoms with Gasteiger partial charge in [-0.1, -0.05) is 46.0 Å². The van der Waals surface area contributed by atoms with Gasteiger partial charge in [-0.3, -0.25) is 4.79 Å². The molecule has 0 bridgehead atoms. The highest BCUT2D eigenvalue weighted by Crippen LogP contribution is 2.49. The van der Waals surface area contributed by atoms with Crippen molar-refractivity contribution in [3.8, 4) is 0 Å². The summed E-state index contributed by atoms with van der Waals surface area (Å²) < 4.78 is 0. The highest BCUT2D eigenvalue weighted by Gasteiger charge is 2.47. The molecule has 2 saturated carbocycles. The number of halogens is 1. The second-order valence-corrected chi connectivity index (χ2v) is 6.69. The first-order chi connectivity index (χ1) is 9.09. The van der Waals surface area contributed by atoms with Crippen LogP contribution in [0.25, 0.3) is 0 Å². The molecular formula is C16H31ClN2O. The van der Waals surface area contributed by atoms with Crippen molar-refractivity contribution in [2.24, 2.45) is 23.5 Å². The highest BCUT2D eigenvalue weighted by molar-refractivity contribution is 5.85. The van der Waals surface area contributed by atoms with Gasteiger partial charge in [-0.25, -0.2) is 0 Å². The first kappa shape index (κ1) is 17.8. The molecule has 118 valence electrons. The Labute approximate surface area is 129 Å². The quantitative estimate of drug-likeness (QED) is 0.791. The van der Waals surface area contributed by atoms with Crippen LogP contribution in [0.4, 0.5) is 0 Å². The van der Waals surface area contributed by atoms with Crippen LogP contribution in [0, 0.1) is 17.8 Å². The van der Waals surface area contributed by atoms with E-state index in [1.54, 1.807) is 0 Å². The van der Waals surface area contributed by atoms with Crippen LogP contribution in [-0.4, -0.2) is 18.0 Å². The summed E-state index contributed by atoms with van der Waals surface area (Å²) in [5.41, 5.74) is 6.01. The molecule has 2 aliphatic carbocycles. The predicted molar refractivity (Wildman–Crippen MR) is 85.9 cm³/mol. The van der Waals surface area contributed by atoms with Gasteiger partial charge in [-0.15, -0.1) is 12.4 Å². The molecule has 0 aromatic rings. The SMILES string of the molecule is CCC(N)(CC)CNC(=O)C1CC1C1CCCCC1.Cl. The first-order valence-corrected chi connectivity index (χ1v) is 8.16. The van der Waals surface area contributed by atoms with Crippen LogP contribution in [0.3, 0.4) is 0 Å². The van der Waals surface area contributed by atoms with E-state index in [4.69, 9.17) is 5.73 Å². The lowest BCUT2D eigenvalue weighted by Gasteiger charge is -2.27. The molecule has 2 fully saturated rings. The van der Waals surface area contributed by atoms with E-state index in [0.29, 0.717) is 18.4 Å². The first-order valence-electron chi connectivity index (χ1n) is 8.16. The standard InChI is InChI=1S/C16H30N2O.ClH/c1-3-16(17,4-2)11-18-15(19)14-10-13(14)12-8-6-5-7-9-12;/h12-14H,3-11,17H2,1-2H3,(H,18,19);1H. The van der Waals surface area contributed by atoms with Crippen molar-refractivity contribution in [3.63, 3.8) is 0 Å². The molecule has 20 heavy (non-hydrogen) atoms. The van der Waals surface area contributed by atoms with E-state index >= 15 is 0 Å². The number of nitrogens with two attached hydrogens (primary N) is 1. The molecule has 4 heteroatoms. The lowest BCUT2D eigenvalue weighted by atomic mass is 9.85. The fourth-order valence-electron chi connectivity index (χ4n) is 3.49. The van der Waals surface area contributed by atoms with Crippen LogP contribution in [0.1, 0.15) is 65.2 Å². The van der Waals surface area contributed by atoms with Gasteiger partial charge in [0.25, 0.3) is 0 Å². The monoisotopic (exact) mass is 302 g/mol. The number of hydrogen-bond acceptors (Lipinski definition) is 2. The summed E-state index contributed by atoms with van der Waals surface area (Å²) in [7, 11) is 0. The van der Waals surface area contributed by atoms with Crippen LogP contribution in [0.15, 0.2) is 0 Å². The second-order valence-electron chi connectivity index (χ2n) is 6.69. The van der Waals surface area contributed by atoms with E-state index in [9.17, 15) is 4.79 Å². The second kappa shape index (κ2) is 7.65. The van der Waals surface area contributed by atoms with Crippen LogP contribution < -0.4 is 11.1 Å². The molecule has 2 atom stereocenters. The third-order valence-corrected chi connectivity index (χ3v) is 5.45. The van der Waals surface area contributed by atoms with Crippen molar-refractivity contribution in [2.45, 2.75) is 70.8 Å². The van der Waals surface area contributed by atoms with Gasteiger partial charge < -0.3 is 11.1 Å². The summed E-state index contributed by atoms with van der Waals surface area (Å²) in [5, 5.41) is 3.09. The topological polar surface area (TPSA) is 55.1 Å². The predicted octanol–water partition coefficient (Wildman–Crippen LogP) is 3.26. The van der Waals surface area contributed by atoms with Crippen molar-refractivity contribution < 1.29 is 4.79 Å². The Morgan fingerprint density at radius 2 is 1.80 bits per heavy atom. The van der Waals surface area contributed by atoms with E-state index < -0.39 is 0 Å². The maximum atomic E-state index is 12.2. The van der Waals surface area contributed by atoms with Crippen LogP contribution in [0.5, 0.6) is 0 Å². The number of carbonyl (C=O) groups is 1. The molecule has 0 radical (unpaired) electrons. The molecule has 3 N–H and O–H groups in total. The van der Waals surface area contributed by atoms with Crippen molar-refractivity contribution >= 4 is 18.3 Å². The van der Waals surface area contributed by atoms with Crippen molar-refractivity contribution in [3.05, 3.63) is 0 Å². The number of carbonyl (C=O) groups excluding carboxylic acids is 1. The van der Waals surface area contributed by atoms with Crippen LogP contribution in [0.2, 0.25) is 0 Å². The van der Waals surface area contributed by atoms with E-state index in [1.807, 2.05) is 0 Å². The Hall–Kier alpha value is -0.280. The molecule has 0 spiro atoms. The number of nitrogens with one attached hydrogen (secondary N) is 1. The molecule has 2 unspecified atom stereocenters. The summed E-state index contributed by atoms with van der Waals surface area (Å²) in [6, 6.07) is 0. The molecular weight excluding hydrogens is 272 g/mol. The summed E-state index contributed by atoms with van der Waals surface area (Å²) in [6.45, 7) is 4.82. The van der Waals surface area contributed by atoms with Gasteiger partial charge in [-0.05, 0) is 31.1 Å². The number of rotatable bonds is 6. The fraction of sp³-hybridized carbons (Fsp3) is 0.938. The maximum Gasteiger partial charge on any atom is 0.223 e. The number of hydrogen-bond donors (Lipinski definition) is 2. The minimum atomic E-state index is -0.217. The van der Waals surface area contributed by atoms with Gasteiger partial charge in [0.2, 0.25) is 5.91 Å². The van der Waals surface area contributed by atoms with Gasteiger partial charge in [0, 0.05) is 18.0 Å². The Balaban J connectivity index is 0.00000200.